The van der Waals surface area contributed by atoms with E-state index in [4.69, 9.17) is 9.73 Å². The van der Waals surface area contributed by atoms with Gasteiger partial charge in [0, 0.05) is 49.6 Å². The highest BCUT2D eigenvalue weighted by atomic mass is 32.2. The lowest BCUT2D eigenvalue weighted by molar-refractivity contribution is 0.0730. The van der Waals surface area contributed by atoms with Gasteiger partial charge in [-0.05, 0) is 37.6 Å². The van der Waals surface area contributed by atoms with E-state index in [1.54, 1.807) is 41.8 Å². The Labute approximate surface area is 180 Å². The first-order valence-corrected chi connectivity index (χ1v) is 12.2. The van der Waals surface area contributed by atoms with Gasteiger partial charge >= 0.3 is 0 Å². The molecule has 2 aromatic heterocycles. The first-order chi connectivity index (χ1) is 14.5. The van der Waals surface area contributed by atoms with Gasteiger partial charge in [0.15, 0.2) is 4.80 Å². The third kappa shape index (κ3) is 4.72. The van der Waals surface area contributed by atoms with Gasteiger partial charge in [0.1, 0.15) is 0 Å². The minimum Gasteiger partial charge on any atom is -0.379 e. The molecule has 0 N–H and O–H groups in total. The van der Waals surface area contributed by atoms with Crippen molar-refractivity contribution in [2.75, 3.05) is 26.3 Å². The molecule has 10 heteroatoms. The van der Waals surface area contributed by atoms with E-state index in [9.17, 15) is 8.42 Å². The van der Waals surface area contributed by atoms with Gasteiger partial charge in [0.2, 0.25) is 10.0 Å². The van der Waals surface area contributed by atoms with Crippen LogP contribution in [-0.2, 0) is 27.8 Å². The fourth-order valence-electron chi connectivity index (χ4n) is 3.34. The van der Waals surface area contributed by atoms with Crippen LogP contribution in [0.3, 0.4) is 0 Å². The highest BCUT2D eigenvalue weighted by Gasteiger charge is 2.26. The zero-order chi connectivity index (χ0) is 21.0. The standard InChI is InChI=1S/C20H25N5O3S2/c1-17-15-29-20(25(17)9-2-8-23-10-7-21-16-23)22-18-3-5-19(6-4-18)30(26,27)24-11-13-28-14-12-24/h3-7,10,15-16H,2,8-9,11-14H2,1H3. The van der Waals surface area contributed by atoms with Gasteiger partial charge in [-0.3, -0.25) is 0 Å². The van der Waals surface area contributed by atoms with Gasteiger partial charge in [-0.15, -0.1) is 11.3 Å². The van der Waals surface area contributed by atoms with E-state index >= 15 is 0 Å². The van der Waals surface area contributed by atoms with E-state index in [1.165, 1.54) is 4.31 Å². The molecule has 0 bridgehead atoms. The monoisotopic (exact) mass is 447 g/mol. The summed E-state index contributed by atoms with van der Waals surface area (Å²) in [5.41, 5.74) is 1.90. The Balaban J connectivity index is 1.49. The van der Waals surface area contributed by atoms with Crippen molar-refractivity contribution in [2.45, 2.75) is 31.3 Å². The molecule has 0 radical (unpaired) electrons. The van der Waals surface area contributed by atoms with E-state index in [2.05, 4.69) is 26.4 Å². The Morgan fingerprint density at radius 1 is 1.17 bits per heavy atom. The second kappa shape index (κ2) is 9.25. The molecule has 30 heavy (non-hydrogen) atoms. The van der Waals surface area contributed by atoms with Gasteiger partial charge in [-0.2, -0.15) is 4.31 Å². The van der Waals surface area contributed by atoms with Crippen molar-refractivity contribution in [3.63, 3.8) is 0 Å². The molecular weight excluding hydrogens is 422 g/mol. The average molecular weight is 448 g/mol. The second-order valence-corrected chi connectivity index (χ2v) is 9.86. The Morgan fingerprint density at radius 2 is 1.93 bits per heavy atom. The lowest BCUT2D eigenvalue weighted by Crippen LogP contribution is -2.40. The second-order valence-electron chi connectivity index (χ2n) is 7.09. The van der Waals surface area contributed by atoms with Crippen LogP contribution >= 0.6 is 11.3 Å². The maximum atomic E-state index is 12.8. The molecule has 0 unspecified atom stereocenters. The first kappa shape index (κ1) is 21.0. The largest absolute Gasteiger partial charge is 0.379 e. The first-order valence-electron chi connectivity index (χ1n) is 9.87. The summed E-state index contributed by atoms with van der Waals surface area (Å²) in [5.74, 6) is 0. The summed E-state index contributed by atoms with van der Waals surface area (Å²) in [5, 5.41) is 2.09. The number of aromatic nitrogens is 3. The van der Waals surface area contributed by atoms with E-state index in [1.807, 2.05) is 12.5 Å². The van der Waals surface area contributed by atoms with Crippen LogP contribution in [0.25, 0.3) is 0 Å². The van der Waals surface area contributed by atoms with Gasteiger partial charge in [0.05, 0.1) is 30.1 Å². The molecular formula is C20H25N5O3S2. The van der Waals surface area contributed by atoms with Gasteiger partial charge in [0.25, 0.3) is 0 Å². The van der Waals surface area contributed by atoms with E-state index < -0.39 is 10.0 Å². The summed E-state index contributed by atoms with van der Waals surface area (Å²) in [4.78, 5) is 10.0. The van der Waals surface area contributed by atoms with Gasteiger partial charge < -0.3 is 13.9 Å². The van der Waals surface area contributed by atoms with Gasteiger partial charge in [-0.25, -0.2) is 18.4 Å². The number of imidazole rings is 1. The van der Waals surface area contributed by atoms with Crippen LogP contribution in [0.15, 0.2) is 58.3 Å². The summed E-state index contributed by atoms with van der Waals surface area (Å²) in [7, 11) is -3.49. The minimum atomic E-state index is -3.49. The fraction of sp³-hybridized carbons (Fsp3) is 0.400. The Hall–Kier alpha value is -2.27. The van der Waals surface area contributed by atoms with Crippen molar-refractivity contribution in [2.24, 2.45) is 4.99 Å². The number of ether oxygens (including phenoxy) is 1. The molecule has 1 aliphatic rings. The highest BCUT2D eigenvalue weighted by molar-refractivity contribution is 7.89. The highest BCUT2D eigenvalue weighted by Crippen LogP contribution is 2.20. The lowest BCUT2D eigenvalue weighted by atomic mass is 10.3. The summed E-state index contributed by atoms with van der Waals surface area (Å²) in [6, 6.07) is 6.79. The number of sulfonamides is 1. The molecule has 0 amide bonds. The number of rotatable bonds is 7. The van der Waals surface area contributed by atoms with E-state index in [0.717, 1.165) is 35.7 Å². The molecule has 1 aliphatic heterocycles. The quantitative estimate of drug-likeness (QED) is 0.557. The normalized spacial score (nSPS) is 16.2. The fourth-order valence-corrected chi connectivity index (χ4v) is 5.68. The van der Waals surface area contributed by atoms with Crippen LogP contribution in [0, 0.1) is 6.92 Å². The summed E-state index contributed by atoms with van der Waals surface area (Å²) in [6.07, 6.45) is 6.54. The molecule has 1 aromatic carbocycles. The predicted octanol–water partition coefficient (Wildman–Crippen LogP) is 2.40. The lowest BCUT2D eigenvalue weighted by Gasteiger charge is -2.26. The van der Waals surface area contributed by atoms with Crippen molar-refractivity contribution >= 4 is 27.0 Å². The van der Waals surface area contributed by atoms with Crippen LogP contribution in [0.1, 0.15) is 12.1 Å². The summed E-state index contributed by atoms with van der Waals surface area (Å²) in [6.45, 7) is 5.48. The Kier molecular flexibility index (Phi) is 6.47. The topological polar surface area (TPSA) is 81.7 Å². The van der Waals surface area contributed by atoms with E-state index in [-0.39, 0.29) is 0 Å². The Bertz CT molecular complexity index is 1130. The van der Waals surface area contributed by atoms with Crippen molar-refractivity contribution in [1.29, 1.82) is 0 Å². The molecule has 1 saturated heterocycles. The molecule has 0 spiro atoms. The number of aryl methyl sites for hydroxylation is 2. The number of hydrogen-bond acceptors (Lipinski definition) is 6. The van der Waals surface area contributed by atoms with Crippen LogP contribution in [-0.4, -0.2) is 53.1 Å². The maximum absolute atomic E-state index is 12.8. The molecule has 3 heterocycles. The molecule has 0 saturated carbocycles. The molecule has 0 atom stereocenters. The average Bonchev–Trinajstić information content (AvgIpc) is 3.40. The number of nitrogens with zero attached hydrogens (tertiary/aromatic N) is 5. The number of morpholine rings is 1. The molecule has 8 nitrogen and oxygen atoms in total. The Morgan fingerprint density at radius 3 is 2.63 bits per heavy atom. The molecule has 3 aromatic rings. The summed E-state index contributed by atoms with van der Waals surface area (Å²) >= 11 is 1.59. The smallest absolute Gasteiger partial charge is 0.243 e. The van der Waals surface area contributed by atoms with Crippen LogP contribution < -0.4 is 4.80 Å². The number of hydrogen-bond donors (Lipinski definition) is 0. The zero-order valence-corrected chi connectivity index (χ0v) is 18.5. The number of thiazole rings is 1. The van der Waals surface area contributed by atoms with E-state index in [0.29, 0.717) is 31.2 Å². The molecule has 160 valence electrons. The number of benzene rings is 1. The predicted molar refractivity (Wildman–Crippen MR) is 115 cm³/mol. The van der Waals surface area contributed by atoms with Crippen molar-refractivity contribution < 1.29 is 13.2 Å². The molecule has 0 aliphatic carbocycles. The zero-order valence-electron chi connectivity index (χ0n) is 16.8. The SMILES string of the molecule is Cc1csc(=Nc2ccc(S(=O)(=O)N3CCOCC3)cc2)n1CCCn1ccnc1. The third-order valence-corrected chi connectivity index (χ3v) is 7.91. The summed E-state index contributed by atoms with van der Waals surface area (Å²) < 4.78 is 36.5. The van der Waals surface area contributed by atoms with Crippen molar-refractivity contribution in [3.8, 4) is 0 Å². The van der Waals surface area contributed by atoms with Crippen LogP contribution in [0.5, 0.6) is 0 Å². The third-order valence-electron chi connectivity index (χ3n) is 5.02. The van der Waals surface area contributed by atoms with Crippen LogP contribution in [0.2, 0.25) is 0 Å². The minimum absolute atomic E-state index is 0.291. The molecule has 4 rings (SSSR count). The van der Waals surface area contributed by atoms with Crippen molar-refractivity contribution in [1.82, 2.24) is 18.4 Å². The van der Waals surface area contributed by atoms with Crippen molar-refractivity contribution in [3.05, 3.63) is 58.9 Å². The van der Waals surface area contributed by atoms with Gasteiger partial charge in [-0.1, -0.05) is 0 Å². The molecule has 1 fully saturated rings. The maximum Gasteiger partial charge on any atom is 0.243 e. The van der Waals surface area contributed by atoms with Crippen LogP contribution in [0.4, 0.5) is 5.69 Å².